The number of carbonyl (C=O) groups is 2. The third-order valence-corrected chi connectivity index (χ3v) is 4.83. The number of likely N-dealkylation sites (tertiary alicyclic amines) is 1. The van der Waals surface area contributed by atoms with Gasteiger partial charge in [0.2, 0.25) is 0 Å². The number of hydrogen-bond acceptors (Lipinski definition) is 2. The summed E-state index contributed by atoms with van der Waals surface area (Å²) in [6, 6.07) is 9.11. The Balaban J connectivity index is 0.00000280. The number of piperidine rings is 1. The Kier molecular flexibility index (Phi) is 6.86. The van der Waals surface area contributed by atoms with Gasteiger partial charge in [0.05, 0.1) is 11.8 Å². The van der Waals surface area contributed by atoms with Crippen molar-refractivity contribution in [1.82, 2.24) is 10.2 Å². The molecule has 0 radical (unpaired) electrons. The second kappa shape index (κ2) is 8.60. The summed E-state index contributed by atoms with van der Waals surface area (Å²) < 4.78 is 1.96. The summed E-state index contributed by atoms with van der Waals surface area (Å²) in [6.07, 6.45) is 6.96. The van der Waals surface area contributed by atoms with Crippen molar-refractivity contribution in [2.45, 2.75) is 45.8 Å². The molecule has 0 saturated carbocycles. The molecule has 1 aromatic carbocycles. The number of amides is 2. The van der Waals surface area contributed by atoms with Crippen LogP contribution in [0.4, 0.5) is 0 Å². The zero-order chi connectivity index (χ0) is 19.8. The first-order chi connectivity index (χ1) is 12.7. The Morgan fingerprint density at radius 3 is 2.46 bits per heavy atom. The zero-order valence-electron chi connectivity index (χ0n) is 16.9. The predicted molar refractivity (Wildman–Crippen MR) is 105 cm³/mol. The van der Waals surface area contributed by atoms with Gasteiger partial charge in [-0.15, -0.1) is 12.5 Å². The van der Waals surface area contributed by atoms with Crippen molar-refractivity contribution in [3.63, 3.8) is 0 Å². The topological polar surface area (TPSA) is 52.4 Å². The van der Waals surface area contributed by atoms with Crippen LogP contribution in [0.5, 0.6) is 0 Å². The van der Waals surface area contributed by atoms with E-state index in [1.165, 1.54) is 0 Å². The fourth-order valence-electron chi connectivity index (χ4n) is 3.71. The summed E-state index contributed by atoms with van der Waals surface area (Å²) in [5.41, 5.74) is 2.10. The maximum absolute atomic E-state index is 13.3. The molecule has 0 aliphatic carbocycles. The predicted octanol–water partition coefficient (Wildman–Crippen LogP) is 2.29. The Hall–Kier alpha value is -1.95. The van der Waals surface area contributed by atoms with Gasteiger partial charge in [0.1, 0.15) is 7.05 Å². The Bertz CT molecular complexity index is 850. The van der Waals surface area contributed by atoms with E-state index in [-0.39, 0.29) is 45.7 Å². The molecule has 2 atom stereocenters. The van der Waals surface area contributed by atoms with Gasteiger partial charge in [0.25, 0.3) is 5.91 Å². The molecule has 152 valence electrons. The molecule has 0 bridgehead atoms. The summed E-state index contributed by atoms with van der Waals surface area (Å²) in [5, 5.41) is 3.05. The van der Waals surface area contributed by atoms with Crippen LogP contribution in [-0.2, 0) is 38.5 Å². The molecule has 2 aliphatic rings. The second-order valence-electron chi connectivity index (χ2n) is 8.08. The van der Waals surface area contributed by atoms with Gasteiger partial charge < -0.3 is 15.0 Å². The molecule has 28 heavy (non-hydrogen) atoms. The fraction of sp³-hybridized carbons (Fsp3) is 0.409. The van der Waals surface area contributed by atoms with Gasteiger partial charge in [0, 0.05) is 12.1 Å². The van der Waals surface area contributed by atoms with E-state index in [2.05, 4.69) is 11.4 Å². The standard InChI is InChI=1S/C22H27N3O2.Au/c1-6-16-17-12-13-24(5)18(17)19(20(26)23-22(2,3)4)25(21(16)27)14-15-10-8-7-9-11-15;/h7-13,17,19H,14H2,1-5H3,(H,23,26);/q;+1. The van der Waals surface area contributed by atoms with E-state index < -0.39 is 6.04 Å². The zero-order valence-corrected chi connectivity index (χ0v) is 19.1. The van der Waals surface area contributed by atoms with Crippen LogP contribution in [0.2, 0.25) is 0 Å². The fourth-order valence-corrected chi connectivity index (χ4v) is 3.71. The van der Waals surface area contributed by atoms with E-state index in [0.717, 1.165) is 11.3 Å². The van der Waals surface area contributed by atoms with Gasteiger partial charge >= 0.3 is 22.4 Å². The van der Waals surface area contributed by atoms with E-state index in [9.17, 15) is 9.59 Å². The quantitative estimate of drug-likeness (QED) is 0.266. The summed E-state index contributed by atoms with van der Waals surface area (Å²) in [7, 11) is 1.92. The van der Waals surface area contributed by atoms with Gasteiger partial charge in [-0.05, 0) is 32.4 Å². The largest absolute Gasteiger partial charge is 1.00 e. The third kappa shape index (κ3) is 4.37. The molecular formula is C22H27AuN3O2+. The van der Waals surface area contributed by atoms with Gasteiger partial charge in [-0.1, -0.05) is 30.3 Å². The van der Waals surface area contributed by atoms with Crippen molar-refractivity contribution in [1.29, 1.82) is 0 Å². The molecular weight excluding hydrogens is 535 g/mol. The van der Waals surface area contributed by atoms with Crippen LogP contribution >= 0.6 is 0 Å². The Morgan fingerprint density at radius 2 is 1.89 bits per heavy atom. The molecule has 6 heteroatoms. The Morgan fingerprint density at radius 1 is 1.25 bits per heavy atom. The molecule has 2 aliphatic heterocycles. The van der Waals surface area contributed by atoms with Crippen LogP contribution in [0.3, 0.4) is 0 Å². The molecule has 0 aromatic heterocycles. The molecule has 3 rings (SSSR count). The average molecular weight is 562 g/mol. The van der Waals surface area contributed by atoms with Crippen LogP contribution in [-0.4, -0.2) is 45.6 Å². The molecule has 1 aromatic rings. The second-order valence-corrected chi connectivity index (χ2v) is 8.08. The summed E-state index contributed by atoms with van der Waals surface area (Å²) >= 11 is 0. The molecule has 2 heterocycles. The molecule has 2 unspecified atom stereocenters. The number of allylic oxidation sites excluding steroid dienone is 2. The van der Waals surface area contributed by atoms with Crippen LogP contribution in [0.15, 0.2) is 48.2 Å². The number of nitrogens with one attached hydrogen (secondary N) is 1. The maximum atomic E-state index is 13.3. The number of benzene rings is 1. The van der Waals surface area contributed by atoms with Crippen molar-refractivity contribution in [3.05, 3.63) is 59.8 Å². The van der Waals surface area contributed by atoms with E-state index >= 15 is 0 Å². The Labute approximate surface area is 182 Å². The van der Waals surface area contributed by atoms with Crippen molar-refractivity contribution >= 4 is 17.5 Å². The van der Waals surface area contributed by atoms with Gasteiger partial charge in [-0.2, -0.15) is 0 Å². The average Bonchev–Trinajstić information content (AvgIpc) is 2.96. The SMILES string of the molecule is C[C-]=C1C(=O)N(Cc2ccccc2)C(C(=O)NC(C)(C)C)C2=[N+](C)C=CC12.[Au+]. The van der Waals surface area contributed by atoms with Gasteiger partial charge in [-0.25, -0.2) is 4.58 Å². The van der Waals surface area contributed by atoms with E-state index in [1.54, 1.807) is 11.8 Å². The molecule has 1 saturated heterocycles. The minimum Gasteiger partial charge on any atom is -0.394 e. The minimum atomic E-state index is -0.654. The van der Waals surface area contributed by atoms with Crippen molar-refractivity contribution in [2.24, 2.45) is 5.92 Å². The first-order valence-electron chi connectivity index (χ1n) is 9.22. The van der Waals surface area contributed by atoms with E-state index in [4.69, 9.17) is 0 Å². The van der Waals surface area contributed by atoms with Crippen LogP contribution in [0.25, 0.3) is 0 Å². The number of carbonyl (C=O) groups excluding carboxylic acids is 2. The van der Waals surface area contributed by atoms with Crippen LogP contribution < -0.4 is 5.32 Å². The van der Waals surface area contributed by atoms with Gasteiger partial charge in [-0.3, -0.25) is 10.9 Å². The smallest absolute Gasteiger partial charge is 0.394 e. The normalized spacial score (nSPS) is 23.0. The van der Waals surface area contributed by atoms with Crippen LogP contribution in [0, 0.1) is 12.0 Å². The number of fused-ring (bicyclic) bond motifs is 1. The van der Waals surface area contributed by atoms with Crippen LogP contribution in [0.1, 0.15) is 33.3 Å². The molecule has 2 amide bonds. The summed E-state index contributed by atoms with van der Waals surface area (Å²) in [6.45, 7) is 7.97. The summed E-state index contributed by atoms with van der Waals surface area (Å²) in [4.78, 5) is 28.2. The molecule has 5 nitrogen and oxygen atoms in total. The maximum Gasteiger partial charge on any atom is 1.00 e. The number of nitrogens with zero attached hydrogens (tertiary/aromatic N) is 2. The van der Waals surface area contributed by atoms with Crippen molar-refractivity contribution < 1.29 is 36.5 Å². The summed E-state index contributed by atoms with van der Waals surface area (Å²) in [5.74, 6) is -0.489. The molecule has 1 fully saturated rings. The molecule has 0 spiro atoms. The third-order valence-electron chi connectivity index (χ3n) is 4.83. The molecule has 1 N–H and O–H groups in total. The van der Waals surface area contributed by atoms with Crippen molar-refractivity contribution in [3.8, 4) is 0 Å². The van der Waals surface area contributed by atoms with Gasteiger partial charge in [0.15, 0.2) is 18.0 Å². The van der Waals surface area contributed by atoms with E-state index in [1.807, 2.05) is 75.0 Å². The number of rotatable bonds is 3. The minimum absolute atomic E-state index is 0. The first kappa shape index (κ1) is 22.3. The van der Waals surface area contributed by atoms with E-state index in [0.29, 0.717) is 12.1 Å². The monoisotopic (exact) mass is 562 g/mol. The number of hydrogen-bond donors (Lipinski definition) is 1. The first-order valence-corrected chi connectivity index (χ1v) is 9.22. The van der Waals surface area contributed by atoms with Crippen molar-refractivity contribution in [2.75, 3.05) is 7.05 Å².